The van der Waals surface area contributed by atoms with Crippen LogP contribution in [0.5, 0.6) is 5.75 Å². The number of rotatable bonds is 5. The molecule has 0 heterocycles. The lowest BCUT2D eigenvalue weighted by molar-refractivity contribution is -0.145. The Labute approximate surface area is 96.1 Å². The fraction of sp³-hybridized carbons (Fsp3) is 0.462. The lowest BCUT2D eigenvalue weighted by atomic mass is 10.1. The fourth-order valence-corrected chi connectivity index (χ4v) is 1.45. The summed E-state index contributed by atoms with van der Waals surface area (Å²) in [5.41, 5.74) is 2.29. The van der Waals surface area contributed by atoms with E-state index in [2.05, 4.69) is 0 Å². The van der Waals surface area contributed by atoms with E-state index in [-0.39, 0.29) is 0 Å². The van der Waals surface area contributed by atoms with Gasteiger partial charge >= 0.3 is 5.97 Å². The van der Waals surface area contributed by atoms with E-state index < -0.39 is 12.1 Å². The first kappa shape index (κ1) is 12.6. The molecule has 0 spiro atoms. The molecule has 0 aliphatic carbocycles. The lowest BCUT2D eigenvalue weighted by Gasteiger charge is -2.15. The molecule has 1 rings (SSSR count). The Morgan fingerprint density at radius 2 is 2.06 bits per heavy atom. The summed E-state index contributed by atoms with van der Waals surface area (Å²) in [4.78, 5) is 10.9. The van der Waals surface area contributed by atoms with Gasteiger partial charge in [-0.05, 0) is 43.5 Å². The predicted octanol–water partition coefficient (Wildman–Crippen LogP) is 2.94. The predicted molar refractivity (Wildman–Crippen MR) is 62.9 cm³/mol. The monoisotopic (exact) mass is 222 g/mol. The number of carbonyl (C=O) groups is 1. The molecule has 0 fully saturated rings. The van der Waals surface area contributed by atoms with E-state index in [9.17, 15) is 4.79 Å². The van der Waals surface area contributed by atoms with E-state index in [0.717, 1.165) is 12.0 Å². The van der Waals surface area contributed by atoms with Crippen molar-refractivity contribution in [3.8, 4) is 5.75 Å². The van der Waals surface area contributed by atoms with E-state index in [4.69, 9.17) is 9.84 Å². The molecule has 3 heteroatoms. The van der Waals surface area contributed by atoms with Crippen molar-refractivity contribution in [3.63, 3.8) is 0 Å². The summed E-state index contributed by atoms with van der Waals surface area (Å²) in [6, 6.07) is 5.63. The number of ether oxygens (including phenoxy) is 1. The molecule has 0 bridgehead atoms. The summed E-state index contributed by atoms with van der Waals surface area (Å²) in [5, 5.41) is 8.96. The van der Waals surface area contributed by atoms with E-state index in [1.165, 1.54) is 5.56 Å². The molecule has 0 saturated heterocycles. The summed E-state index contributed by atoms with van der Waals surface area (Å²) < 4.78 is 5.45. The first-order valence-corrected chi connectivity index (χ1v) is 5.51. The number of hydrogen-bond donors (Lipinski definition) is 1. The molecule has 16 heavy (non-hydrogen) atoms. The minimum atomic E-state index is -0.903. The highest BCUT2D eigenvalue weighted by Crippen LogP contribution is 2.19. The number of hydrogen-bond acceptors (Lipinski definition) is 2. The van der Waals surface area contributed by atoms with Crippen LogP contribution >= 0.6 is 0 Å². The molecule has 1 unspecified atom stereocenters. The highest BCUT2D eigenvalue weighted by atomic mass is 16.5. The molecule has 0 radical (unpaired) electrons. The van der Waals surface area contributed by atoms with Gasteiger partial charge in [-0.1, -0.05) is 19.4 Å². The molecule has 0 aliphatic rings. The van der Waals surface area contributed by atoms with Crippen molar-refractivity contribution in [2.45, 2.75) is 39.7 Å². The van der Waals surface area contributed by atoms with Gasteiger partial charge in [-0.15, -0.1) is 0 Å². The number of aliphatic carboxylic acids is 1. The van der Waals surface area contributed by atoms with E-state index >= 15 is 0 Å². The average Bonchev–Trinajstić information content (AvgIpc) is 2.22. The van der Waals surface area contributed by atoms with E-state index in [0.29, 0.717) is 12.2 Å². The molecule has 88 valence electrons. The fourth-order valence-electron chi connectivity index (χ4n) is 1.45. The van der Waals surface area contributed by atoms with Crippen LogP contribution in [-0.2, 0) is 4.79 Å². The standard InChI is InChI=1S/C13H18O3/c1-4-5-12(13(14)15)16-11-7-6-9(2)10(3)8-11/h6-8,12H,4-5H2,1-3H3,(H,14,15). The van der Waals surface area contributed by atoms with Crippen LogP contribution in [0.3, 0.4) is 0 Å². The minimum Gasteiger partial charge on any atom is -0.479 e. The Kier molecular flexibility index (Phi) is 4.35. The average molecular weight is 222 g/mol. The molecule has 0 aromatic heterocycles. The van der Waals surface area contributed by atoms with Gasteiger partial charge in [-0.2, -0.15) is 0 Å². The Bertz CT molecular complexity index is 371. The zero-order valence-electron chi connectivity index (χ0n) is 9.99. The van der Waals surface area contributed by atoms with Crippen molar-refractivity contribution in [2.75, 3.05) is 0 Å². The zero-order valence-corrected chi connectivity index (χ0v) is 9.99. The van der Waals surface area contributed by atoms with Crippen molar-refractivity contribution in [3.05, 3.63) is 29.3 Å². The van der Waals surface area contributed by atoms with Gasteiger partial charge < -0.3 is 9.84 Å². The smallest absolute Gasteiger partial charge is 0.344 e. The maximum Gasteiger partial charge on any atom is 0.344 e. The van der Waals surface area contributed by atoms with Crippen molar-refractivity contribution < 1.29 is 14.6 Å². The highest BCUT2D eigenvalue weighted by Gasteiger charge is 2.18. The third-order valence-corrected chi connectivity index (χ3v) is 2.58. The summed E-state index contributed by atoms with van der Waals surface area (Å²) in [5.74, 6) is -0.274. The van der Waals surface area contributed by atoms with Gasteiger partial charge in [-0.3, -0.25) is 0 Å². The Balaban J connectivity index is 2.77. The molecule has 1 atom stereocenters. The molecule has 3 nitrogen and oxygen atoms in total. The van der Waals surface area contributed by atoms with Crippen LogP contribution in [0.1, 0.15) is 30.9 Å². The van der Waals surface area contributed by atoms with Gasteiger partial charge in [0.05, 0.1) is 0 Å². The highest BCUT2D eigenvalue weighted by molar-refractivity contribution is 5.72. The van der Waals surface area contributed by atoms with Gasteiger partial charge in [0.1, 0.15) is 5.75 Å². The number of aryl methyl sites for hydroxylation is 2. The van der Waals surface area contributed by atoms with Crippen LogP contribution in [0.25, 0.3) is 0 Å². The quantitative estimate of drug-likeness (QED) is 0.833. The summed E-state index contributed by atoms with van der Waals surface area (Å²) in [7, 11) is 0. The molecule has 1 aromatic carbocycles. The zero-order chi connectivity index (χ0) is 12.1. The van der Waals surface area contributed by atoms with Crippen molar-refractivity contribution in [1.29, 1.82) is 0 Å². The van der Waals surface area contributed by atoms with Gasteiger partial charge in [0.25, 0.3) is 0 Å². The second-order valence-corrected chi connectivity index (χ2v) is 3.98. The first-order chi connectivity index (χ1) is 7.54. The second-order valence-electron chi connectivity index (χ2n) is 3.98. The Morgan fingerprint density at radius 3 is 2.56 bits per heavy atom. The van der Waals surface area contributed by atoms with Crippen LogP contribution in [0.15, 0.2) is 18.2 Å². The van der Waals surface area contributed by atoms with Crippen molar-refractivity contribution >= 4 is 5.97 Å². The van der Waals surface area contributed by atoms with Crippen LogP contribution in [0, 0.1) is 13.8 Å². The summed E-state index contributed by atoms with van der Waals surface area (Å²) in [6.07, 6.45) is 0.580. The minimum absolute atomic E-state index is 0.530. The second kappa shape index (κ2) is 5.54. The summed E-state index contributed by atoms with van der Waals surface area (Å²) in [6.45, 7) is 5.94. The SMILES string of the molecule is CCCC(Oc1ccc(C)c(C)c1)C(=O)O. The van der Waals surface area contributed by atoms with Gasteiger partial charge in [0.2, 0.25) is 0 Å². The normalized spacial score (nSPS) is 12.2. The van der Waals surface area contributed by atoms with Gasteiger partial charge in [0, 0.05) is 0 Å². The molecule has 1 N–H and O–H groups in total. The molecule has 0 aliphatic heterocycles. The molecule has 0 saturated carbocycles. The number of carboxylic acid groups (broad SMARTS) is 1. The van der Waals surface area contributed by atoms with E-state index in [1.807, 2.05) is 39.0 Å². The van der Waals surface area contributed by atoms with E-state index in [1.54, 1.807) is 0 Å². The third kappa shape index (κ3) is 3.26. The van der Waals surface area contributed by atoms with Crippen LogP contribution < -0.4 is 4.74 Å². The van der Waals surface area contributed by atoms with Crippen molar-refractivity contribution in [2.24, 2.45) is 0 Å². The van der Waals surface area contributed by atoms with Crippen LogP contribution in [0.2, 0.25) is 0 Å². The largest absolute Gasteiger partial charge is 0.479 e. The number of carboxylic acids is 1. The van der Waals surface area contributed by atoms with Crippen molar-refractivity contribution in [1.82, 2.24) is 0 Å². The van der Waals surface area contributed by atoms with Crippen LogP contribution in [-0.4, -0.2) is 17.2 Å². The van der Waals surface area contributed by atoms with Gasteiger partial charge in [-0.25, -0.2) is 4.79 Å². The molecular formula is C13H18O3. The topological polar surface area (TPSA) is 46.5 Å². The lowest BCUT2D eigenvalue weighted by Crippen LogP contribution is -2.26. The molecule has 0 amide bonds. The van der Waals surface area contributed by atoms with Crippen LogP contribution in [0.4, 0.5) is 0 Å². The Morgan fingerprint density at radius 1 is 1.38 bits per heavy atom. The molecular weight excluding hydrogens is 204 g/mol. The Hall–Kier alpha value is -1.51. The maximum absolute atomic E-state index is 10.9. The first-order valence-electron chi connectivity index (χ1n) is 5.51. The summed E-state index contributed by atoms with van der Waals surface area (Å²) >= 11 is 0. The molecule has 1 aromatic rings. The van der Waals surface area contributed by atoms with Gasteiger partial charge in [0.15, 0.2) is 6.10 Å². The number of benzene rings is 1. The third-order valence-electron chi connectivity index (χ3n) is 2.58. The maximum atomic E-state index is 10.9.